The van der Waals surface area contributed by atoms with Crippen LogP contribution in [0.1, 0.15) is 20.7 Å². The number of rotatable bonds is 4. The number of halogens is 1. The number of hydrogen-bond acceptors (Lipinski definition) is 4. The monoisotopic (exact) mass is 377 g/mol. The topological polar surface area (TPSA) is 101 Å². The molecule has 0 radical (unpaired) electrons. The number of benzene rings is 2. The Bertz CT molecular complexity index is 775. The molecule has 2 N–H and O–H groups in total. The van der Waals surface area contributed by atoms with Gasteiger partial charge in [-0.15, -0.1) is 0 Å². The molecule has 0 aliphatic rings. The highest BCUT2D eigenvalue weighted by Gasteiger charge is 2.16. The van der Waals surface area contributed by atoms with E-state index in [0.29, 0.717) is 15.7 Å². The first-order chi connectivity index (χ1) is 10.9. The van der Waals surface area contributed by atoms with Crippen LogP contribution in [0.25, 0.3) is 0 Å². The summed E-state index contributed by atoms with van der Waals surface area (Å²) in [6, 6.07) is 10.4. The van der Waals surface area contributed by atoms with Crippen LogP contribution in [0.3, 0.4) is 0 Å². The first kappa shape index (κ1) is 16.6. The van der Waals surface area contributed by atoms with Crippen molar-refractivity contribution in [1.29, 1.82) is 0 Å². The maximum atomic E-state index is 12.1. The SMILES string of the molecule is CNC(=O)c1ccc(NC(=O)c2ccc(Br)c([N+](=O)[O-])c2)cc1. The summed E-state index contributed by atoms with van der Waals surface area (Å²) < 4.78 is 0.300. The summed E-state index contributed by atoms with van der Waals surface area (Å²) in [5.74, 6) is -0.709. The fourth-order valence-electron chi connectivity index (χ4n) is 1.85. The van der Waals surface area contributed by atoms with Crippen molar-refractivity contribution >= 4 is 39.1 Å². The second-order valence-corrected chi connectivity index (χ2v) is 5.39. The van der Waals surface area contributed by atoms with E-state index in [2.05, 4.69) is 26.6 Å². The van der Waals surface area contributed by atoms with Gasteiger partial charge >= 0.3 is 0 Å². The smallest absolute Gasteiger partial charge is 0.284 e. The van der Waals surface area contributed by atoms with Gasteiger partial charge in [-0.05, 0) is 52.3 Å². The molecule has 2 aromatic carbocycles. The lowest BCUT2D eigenvalue weighted by molar-refractivity contribution is -0.385. The molecular formula is C15H12BrN3O4. The summed E-state index contributed by atoms with van der Waals surface area (Å²) >= 11 is 3.06. The van der Waals surface area contributed by atoms with E-state index in [-0.39, 0.29) is 17.2 Å². The van der Waals surface area contributed by atoms with Gasteiger partial charge in [0.05, 0.1) is 9.40 Å². The summed E-state index contributed by atoms with van der Waals surface area (Å²) in [6.07, 6.45) is 0. The molecule has 0 aliphatic heterocycles. The third-order valence-corrected chi connectivity index (χ3v) is 3.71. The fourth-order valence-corrected chi connectivity index (χ4v) is 2.24. The summed E-state index contributed by atoms with van der Waals surface area (Å²) in [5.41, 5.74) is 0.917. The average molecular weight is 378 g/mol. The minimum Gasteiger partial charge on any atom is -0.355 e. The minimum atomic E-state index is -0.570. The first-order valence-corrected chi connectivity index (χ1v) is 7.29. The van der Waals surface area contributed by atoms with Crippen molar-refractivity contribution in [3.63, 3.8) is 0 Å². The number of nitro groups is 1. The highest BCUT2D eigenvalue weighted by Crippen LogP contribution is 2.26. The third kappa shape index (κ3) is 3.92. The zero-order valence-electron chi connectivity index (χ0n) is 12.0. The minimum absolute atomic E-state index is 0.162. The van der Waals surface area contributed by atoms with Gasteiger partial charge in [0, 0.05) is 29.9 Å². The lowest BCUT2D eigenvalue weighted by Gasteiger charge is -2.07. The van der Waals surface area contributed by atoms with E-state index in [1.807, 2.05) is 0 Å². The number of amides is 2. The number of nitro benzene ring substituents is 1. The van der Waals surface area contributed by atoms with Gasteiger partial charge in [-0.3, -0.25) is 19.7 Å². The quantitative estimate of drug-likeness (QED) is 0.631. The van der Waals surface area contributed by atoms with Crippen molar-refractivity contribution in [2.24, 2.45) is 0 Å². The molecule has 7 nitrogen and oxygen atoms in total. The van der Waals surface area contributed by atoms with Crippen LogP contribution in [0.4, 0.5) is 11.4 Å². The molecule has 2 aromatic rings. The second-order valence-electron chi connectivity index (χ2n) is 4.53. The standard InChI is InChI=1S/C15H12BrN3O4/c1-17-14(20)9-2-5-11(6-3-9)18-15(21)10-4-7-12(16)13(8-10)19(22)23/h2-8H,1H3,(H,17,20)(H,18,21). The molecule has 0 aliphatic carbocycles. The van der Waals surface area contributed by atoms with Crippen molar-refractivity contribution in [1.82, 2.24) is 5.32 Å². The molecule has 0 spiro atoms. The maximum Gasteiger partial charge on any atom is 0.284 e. The van der Waals surface area contributed by atoms with Crippen LogP contribution in [-0.4, -0.2) is 23.8 Å². The molecule has 2 rings (SSSR count). The van der Waals surface area contributed by atoms with Gasteiger partial charge in [0.2, 0.25) is 0 Å². The Morgan fingerprint density at radius 1 is 1.04 bits per heavy atom. The van der Waals surface area contributed by atoms with E-state index in [1.54, 1.807) is 24.3 Å². The van der Waals surface area contributed by atoms with Gasteiger partial charge < -0.3 is 10.6 Å². The van der Waals surface area contributed by atoms with E-state index in [0.717, 1.165) is 0 Å². The lowest BCUT2D eigenvalue weighted by atomic mass is 10.1. The first-order valence-electron chi connectivity index (χ1n) is 6.50. The molecule has 0 unspecified atom stereocenters. The number of carbonyl (C=O) groups is 2. The van der Waals surface area contributed by atoms with Crippen LogP contribution in [0.5, 0.6) is 0 Å². The fraction of sp³-hybridized carbons (Fsp3) is 0.0667. The summed E-state index contributed by atoms with van der Waals surface area (Å²) in [4.78, 5) is 33.9. The highest BCUT2D eigenvalue weighted by molar-refractivity contribution is 9.10. The number of hydrogen-bond donors (Lipinski definition) is 2. The van der Waals surface area contributed by atoms with Crippen molar-refractivity contribution in [3.8, 4) is 0 Å². The van der Waals surface area contributed by atoms with Gasteiger partial charge in [0.15, 0.2) is 0 Å². The van der Waals surface area contributed by atoms with Crippen LogP contribution in [0.2, 0.25) is 0 Å². The van der Waals surface area contributed by atoms with Crippen LogP contribution in [0, 0.1) is 10.1 Å². The molecular weight excluding hydrogens is 366 g/mol. The largest absolute Gasteiger partial charge is 0.355 e. The summed E-state index contributed by atoms with van der Waals surface area (Å²) in [6.45, 7) is 0. The Balaban J connectivity index is 2.17. The average Bonchev–Trinajstić information content (AvgIpc) is 2.54. The van der Waals surface area contributed by atoms with Gasteiger partial charge in [0.1, 0.15) is 0 Å². The molecule has 0 bridgehead atoms. The van der Waals surface area contributed by atoms with Gasteiger partial charge in [-0.25, -0.2) is 0 Å². The van der Waals surface area contributed by atoms with Crippen molar-refractivity contribution in [2.45, 2.75) is 0 Å². The lowest BCUT2D eigenvalue weighted by Crippen LogP contribution is -2.18. The molecule has 2 amide bonds. The molecule has 0 saturated heterocycles. The zero-order valence-corrected chi connectivity index (χ0v) is 13.6. The Morgan fingerprint density at radius 3 is 2.22 bits per heavy atom. The molecule has 23 heavy (non-hydrogen) atoms. The van der Waals surface area contributed by atoms with E-state index in [9.17, 15) is 19.7 Å². The molecule has 0 atom stereocenters. The maximum absolute atomic E-state index is 12.1. The normalized spacial score (nSPS) is 10.0. The molecule has 0 heterocycles. The number of anilines is 1. The third-order valence-electron chi connectivity index (χ3n) is 3.04. The van der Waals surface area contributed by atoms with Crippen molar-refractivity contribution < 1.29 is 14.5 Å². The Morgan fingerprint density at radius 2 is 1.65 bits per heavy atom. The Kier molecular flexibility index (Phi) is 5.07. The van der Waals surface area contributed by atoms with E-state index in [4.69, 9.17) is 0 Å². The Labute approximate surface area is 140 Å². The molecule has 118 valence electrons. The predicted molar refractivity (Wildman–Crippen MR) is 88.6 cm³/mol. The summed E-state index contributed by atoms with van der Waals surface area (Å²) in [7, 11) is 1.53. The van der Waals surface area contributed by atoms with E-state index in [1.165, 1.54) is 25.2 Å². The second kappa shape index (κ2) is 7.01. The molecule has 8 heteroatoms. The van der Waals surface area contributed by atoms with Gasteiger partial charge in [-0.2, -0.15) is 0 Å². The van der Waals surface area contributed by atoms with Crippen molar-refractivity contribution in [3.05, 3.63) is 68.2 Å². The van der Waals surface area contributed by atoms with Crippen LogP contribution >= 0.6 is 15.9 Å². The van der Waals surface area contributed by atoms with Gasteiger partial charge in [-0.1, -0.05) is 0 Å². The van der Waals surface area contributed by atoms with E-state index < -0.39 is 10.8 Å². The predicted octanol–water partition coefficient (Wildman–Crippen LogP) is 2.97. The summed E-state index contributed by atoms with van der Waals surface area (Å²) in [5, 5.41) is 16.0. The van der Waals surface area contributed by atoms with Gasteiger partial charge in [0.25, 0.3) is 17.5 Å². The number of nitrogens with one attached hydrogen (secondary N) is 2. The molecule has 0 fully saturated rings. The van der Waals surface area contributed by atoms with Crippen LogP contribution < -0.4 is 10.6 Å². The number of carbonyl (C=O) groups excluding carboxylic acids is 2. The molecule has 0 aromatic heterocycles. The molecule has 0 saturated carbocycles. The number of nitrogens with zero attached hydrogens (tertiary/aromatic N) is 1. The zero-order chi connectivity index (χ0) is 17.0. The van der Waals surface area contributed by atoms with E-state index >= 15 is 0 Å². The van der Waals surface area contributed by atoms with Crippen molar-refractivity contribution in [2.75, 3.05) is 12.4 Å². The van der Waals surface area contributed by atoms with Crippen LogP contribution in [-0.2, 0) is 0 Å². The highest BCUT2D eigenvalue weighted by atomic mass is 79.9. The van der Waals surface area contributed by atoms with Crippen LogP contribution in [0.15, 0.2) is 46.9 Å². The Hall–Kier alpha value is -2.74.